The highest BCUT2D eigenvalue weighted by Gasteiger charge is 2.15. The SMILES string of the molecule is Cc1ccc(-c2cncc3[nH]c(-c4n[nH]c5ccc(-c6cncc(OCCN(C)C)c6)cc45)cc23)s1. The van der Waals surface area contributed by atoms with Gasteiger partial charge in [0.2, 0.25) is 0 Å². The Morgan fingerprint density at radius 1 is 0.889 bits per heavy atom. The van der Waals surface area contributed by atoms with Gasteiger partial charge in [-0.05, 0) is 63.0 Å². The van der Waals surface area contributed by atoms with Crippen LogP contribution in [0.25, 0.3) is 54.8 Å². The van der Waals surface area contributed by atoms with E-state index in [1.807, 2.05) is 38.8 Å². The summed E-state index contributed by atoms with van der Waals surface area (Å²) in [5, 5.41) is 10.0. The van der Waals surface area contributed by atoms with E-state index in [1.165, 1.54) is 9.75 Å². The highest BCUT2D eigenvalue weighted by atomic mass is 32.1. The van der Waals surface area contributed by atoms with Crippen molar-refractivity contribution in [2.24, 2.45) is 0 Å². The third-order valence-electron chi connectivity index (χ3n) is 6.22. The predicted octanol–water partition coefficient (Wildman–Crippen LogP) is 6.15. The van der Waals surface area contributed by atoms with Gasteiger partial charge in [0.1, 0.15) is 18.1 Å². The lowest BCUT2D eigenvalue weighted by Crippen LogP contribution is -2.19. The van der Waals surface area contributed by atoms with Crippen LogP contribution in [0.2, 0.25) is 0 Å². The Morgan fingerprint density at radius 2 is 1.78 bits per heavy atom. The molecule has 0 atom stereocenters. The Balaban J connectivity index is 1.37. The molecule has 0 radical (unpaired) electrons. The third-order valence-corrected chi connectivity index (χ3v) is 7.26. The number of pyridine rings is 2. The first-order valence-electron chi connectivity index (χ1n) is 11.8. The van der Waals surface area contributed by atoms with Crippen LogP contribution in [0.15, 0.2) is 67.3 Å². The minimum Gasteiger partial charge on any atom is -0.491 e. The highest BCUT2D eigenvalue weighted by Crippen LogP contribution is 2.37. The van der Waals surface area contributed by atoms with Crippen molar-refractivity contribution in [3.63, 3.8) is 0 Å². The van der Waals surface area contributed by atoms with E-state index in [0.29, 0.717) is 6.61 Å². The molecule has 36 heavy (non-hydrogen) atoms. The molecule has 5 heterocycles. The molecule has 180 valence electrons. The summed E-state index contributed by atoms with van der Waals surface area (Å²) in [6, 6.07) is 14.8. The summed E-state index contributed by atoms with van der Waals surface area (Å²) in [6.45, 7) is 3.59. The lowest BCUT2D eigenvalue weighted by molar-refractivity contribution is 0.261. The average Bonchev–Trinajstić information content (AvgIpc) is 3.61. The van der Waals surface area contributed by atoms with Crippen LogP contribution in [0.1, 0.15) is 4.88 Å². The second-order valence-electron chi connectivity index (χ2n) is 9.14. The number of nitrogens with one attached hydrogen (secondary N) is 2. The van der Waals surface area contributed by atoms with Crippen molar-refractivity contribution in [2.45, 2.75) is 6.92 Å². The number of nitrogens with zero attached hydrogens (tertiary/aromatic N) is 4. The molecule has 2 N–H and O–H groups in total. The van der Waals surface area contributed by atoms with Gasteiger partial charge < -0.3 is 14.6 Å². The molecule has 0 aliphatic heterocycles. The number of benzene rings is 1. The van der Waals surface area contributed by atoms with Crippen LogP contribution in [0.5, 0.6) is 5.75 Å². The molecule has 6 rings (SSSR count). The molecule has 7 nitrogen and oxygen atoms in total. The fraction of sp³-hybridized carbons (Fsp3) is 0.179. The minimum atomic E-state index is 0.616. The number of ether oxygens (including phenoxy) is 1. The van der Waals surface area contributed by atoms with Gasteiger partial charge in [-0.2, -0.15) is 5.10 Å². The summed E-state index contributed by atoms with van der Waals surface area (Å²) in [7, 11) is 4.06. The van der Waals surface area contributed by atoms with E-state index in [0.717, 1.165) is 62.2 Å². The number of aryl methyl sites for hydroxylation is 1. The molecule has 0 saturated carbocycles. The molecule has 0 aliphatic rings. The van der Waals surface area contributed by atoms with Crippen LogP contribution in [-0.2, 0) is 0 Å². The average molecular weight is 495 g/mol. The normalized spacial score (nSPS) is 11.7. The van der Waals surface area contributed by atoms with E-state index in [1.54, 1.807) is 17.5 Å². The van der Waals surface area contributed by atoms with Crippen LogP contribution in [0, 0.1) is 6.92 Å². The van der Waals surface area contributed by atoms with E-state index >= 15 is 0 Å². The number of thiophene rings is 1. The molecular weight excluding hydrogens is 468 g/mol. The maximum absolute atomic E-state index is 5.89. The van der Waals surface area contributed by atoms with Crippen LogP contribution in [0.4, 0.5) is 0 Å². The summed E-state index contributed by atoms with van der Waals surface area (Å²) in [5.74, 6) is 0.765. The third kappa shape index (κ3) is 4.25. The lowest BCUT2D eigenvalue weighted by atomic mass is 10.0. The van der Waals surface area contributed by atoms with Gasteiger partial charge in [-0.3, -0.25) is 15.1 Å². The maximum Gasteiger partial charge on any atom is 0.138 e. The smallest absolute Gasteiger partial charge is 0.138 e. The molecule has 0 amide bonds. The second-order valence-corrected chi connectivity index (χ2v) is 10.4. The fourth-order valence-corrected chi connectivity index (χ4v) is 5.25. The molecule has 0 saturated heterocycles. The predicted molar refractivity (Wildman–Crippen MR) is 147 cm³/mol. The number of aromatic nitrogens is 5. The van der Waals surface area contributed by atoms with E-state index in [2.05, 4.69) is 73.4 Å². The molecule has 0 unspecified atom stereocenters. The Morgan fingerprint density at radius 3 is 2.61 bits per heavy atom. The van der Waals surface area contributed by atoms with Gasteiger partial charge >= 0.3 is 0 Å². The largest absolute Gasteiger partial charge is 0.491 e. The van der Waals surface area contributed by atoms with Gasteiger partial charge in [-0.1, -0.05) is 6.07 Å². The number of hydrogen-bond donors (Lipinski definition) is 2. The highest BCUT2D eigenvalue weighted by molar-refractivity contribution is 7.15. The first-order valence-corrected chi connectivity index (χ1v) is 12.6. The van der Waals surface area contributed by atoms with E-state index in [9.17, 15) is 0 Å². The topological polar surface area (TPSA) is 82.7 Å². The van der Waals surface area contributed by atoms with Crippen molar-refractivity contribution in [3.8, 4) is 38.7 Å². The summed E-state index contributed by atoms with van der Waals surface area (Å²) in [4.78, 5) is 17.0. The van der Waals surface area contributed by atoms with Crippen molar-refractivity contribution < 1.29 is 4.74 Å². The number of aromatic amines is 2. The molecule has 0 fully saturated rings. The molecule has 0 aliphatic carbocycles. The van der Waals surface area contributed by atoms with Crippen LogP contribution in [0.3, 0.4) is 0 Å². The quantitative estimate of drug-likeness (QED) is 0.278. The minimum absolute atomic E-state index is 0.616. The molecule has 1 aromatic carbocycles. The molecular formula is C28H26N6OS. The molecule has 0 spiro atoms. The first-order chi connectivity index (χ1) is 17.5. The Hall–Kier alpha value is -4.01. The Labute approximate surface area is 212 Å². The Bertz CT molecular complexity index is 1680. The number of likely N-dealkylation sites (N-methyl/N-ethyl adjacent to an activating group) is 1. The van der Waals surface area contributed by atoms with E-state index in [4.69, 9.17) is 4.74 Å². The van der Waals surface area contributed by atoms with Gasteiger partial charge in [0, 0.05) is 50.6 Å². The number of H-pyrrole nitrogens is 2. The molecule has 5 aromatic heterocycles. The van der Waals surface area contributed by atoms with Crippen LogP contribution in [-0.4, -0.2) is 57.3 Å². The summed E-state index contributed by atoms with van der Waals surface area (Å²) >= 11 is 1.78. The Kier molecular flexibility index (Phi) is 5.75. The molecule has 8 heteroatoms. The van der Waals surface area contributed by atoms with Crippen molar-refractivity contribution >= 4 is 33.1 Å². The standard InChI is InChI=1S/C28H26N6OS/c1-17-4-7-27(36-17)23-15-30-16-26-21(23)12-25(31-26)28-22-11-18(5-6-24(22)32-33-28)19-10-20(14-29-13-19)35-9-8-34(2)3/h4-7,10-16,31H,8-9H2,1-3H3,(H,32,33). The van der Waals surface area contributed by atoms with Crippen molar-refractivity contribution in [1.82, 2.24) is 30.0 Å². The number of hydrogen-bond acceptors (Lipinski definition) is 6. The maximum atomic E-state index is 5.89. The van der Waals surface area contributed by atoms with Gasteiger partial charge in [0.15, 0.2) is 0 Å². The van der Waals surface area contributed by atoms with Gasteiger partial charge in [0.25, 0.3) is 0 Å². The summed E-state index contributed by atoms with van der Waals surface area (Å²) in [6.07, 6.45) is 7.43. The zero-order chi connectivity index (χ0) is 24.6. The number of fused-ring (bicyclic) bond motifs is 2. The molecule has 6 aromatic rings. The summed E-state index contributed by atoms with van der Waals surface area (Å²) < 4.78 is 5.89. The second kappa shape index (κ2) is 9.22. The number of rotatable bonds is 7. The van der Waals surface area contributed by atoms with E-state index in [-0.39, 0.29) is 0 Å². The molecule has 0 bridgehead atoms. The van der Waals surface area contributed by atoms with E-state index < -0.39 is 0 Å². The first kappa shape index (κ1) is 22.5. The van der Waals surface area contributed by atoms with Crippen LogP contribution >= 0.6 is 11.3 Å². The fourth-order valence-electron chi connectivity index (χ4n) is 4.35. The van der Waals surface area contributed by atoms with Gasteiger partial charge in [0.05, 0.1) is 29.1 Å². The van der Waals surface area contributed by atoms with Crippen LogP contribution < -0.4 is 4.74 Å². The van der Waals surface area contributed by atoms with Gasteiger partial charge in [-0.25, -0.2) is 0 Å². The van der Waals surface area contributed by atoms with Gasteiger partial charge in [-0.15, -0.1) is 11.3 Å². The summed E-state index contributed by atoms with van der Waals surface area (Å²) in [5.41, 5.74) is 6.99. The zero-order valence-corrected chi connectivity index (χ0v) is 21.2. The lowest BCUT2D eigenvalue weighted by Gasteiger charge is -2.11. The monoisotopic (exact) mass is 494 g/mol. The van der Waals surface area contributed by atoms with Crippen molar-refractivity contribution in [1.29, 1.82) is 0 Å². The van der Waals surface area contributed by atoms with Crippen molar-refractivity contribution in [2.75, 3.05) is 27.2 Å². The zero-order valence-electron chi connectivity index (χ0n) is 20.4. The van der Waals surface area contributed by atoms with Crippen molar-refractivity contribution in [3.05, 3.63) is 72.1 Å².